The number of carboxylic acid groups (broad SMARTS) is 1. The maximum atomic E-state index is 12.3. The van der Waals surface area contributed by atoms with Crippen LogP contribution in [0.2, 0.25) is 0 Å². The molecule has 0 spiro atoms. The maximum Gasteiger partial charge on any atom is 0.328 e. The summed E-state index contributed by atoms with van der Waals surface area (Å²) in [5, 5.41) is 33.6. The average Bonchev–Trinajstić information content (AvgIpc) is 2.61. The van der Waals surface area contributed by atoms with E-state index in [0.29, 0.717) is 6.42 Å². The van der Waals surface area contributed by atoms with Crippen LogP contribution in [0.3, 0.4) is 0 Å². The first-order valence-corrected chi connectivity index (χ1v) is 8.20. The molecule has 0 aromatic heterocycles. The zero-order valence-electron chi connectivity index (χ0n) is 15.1. The van der Waals surface area contributed by atoms with E-state index in [4.69, 9.17) is 21.1 Å². The topological polar surface area (TPSA) is 191 Å². The number of nitrogens with one attached hydrogen (secondary N) is 3. The molecule has 11 nitrogen and oxygen atoms in total. The number of hydrogen-bond acceptors (Lipinski definition) is 7. The van der Waals surface area contributed by atoms with E-state index < -0.39 is 61.1 Å². The maximum absolute atomic E-state index is 12.3. The molecule has 150 valence electrons. The number of carbonyl (C=O) groups excluding carboxylic acids is 3. The van der Waals surface area contributed by atoms with E-state index in [9.17, 15) is 19.2 Å². The Balaban J connectivity index is 5.04. The Morgan fingerprint density at radius 1 is 0.923 bits per heavy atom. The Hall–Kier alpha value is -2.24. The number of hydrogen-bond donors (Lipinski definition) is 7. The molecule has 5 unspecified atom stereocenters. The van der Waals surface area contributed by atoms with Crippen LogP contribution in [0.1, 0.15) is 27.2 Å². The largest absolute Gasteiger partial charge is 0.480 e. The van der Waals surface area contributed by atoms with Gasteiger partial charge in [-0.15, -0.1) is 0 Å². The molecule has 0 fully saturated rings. The van der Waals surface area contributed by atoms with E-state index in [1.165, 1.54) is 6.92 Å². The lowest BCUT2D eigenvalue weighted by Crippen LogP contribution is -2.58. The Kier molecular flexibility index (Phi) is 10.4. The van der Waals surface area contributed by atoms with Crippen molar-refractivity contribution in [2.75, 3.05) is 13.2 Å². The van der Waals surface area contributed by atoms with Gasteiger partial charge in [-0.05, 0) is 12.8 Å². The van der Waals surface area contributed by atoms with Crippen LogP contribution in [0.4, 0.5) is 0 Å². The van der Waals surface area contributed by atoms with Gasteiger partial charge in [0.05, 0.1) is 13.2 Å². The van der Waals surface area contributed by atoms with Crippen LogP contribution in [-0.4, -0.2) is 76.4 Å². The fourth-order valence-electron chi connectivity index (χ4n) is 1.90. The minimum atomic E-state index is -1.49. The Morgan fingerprint density at radius 2 is 1.50 bits per heavy atom. The fraction of sp³-hybridized carbons (Fsp3) is 0.733. The lowest BCUT2D eigenvalue weighted by Gasteiger charge is -2.26. The first-order chi connectivity index (χ1) is 12.1. The van der Waals surface area contributed by atoms with E-state index >= 15 is 0 Å². The van der Waals surface area contributed by atoms with Gasteiger partial charge in [0, 0.05) is 0 Å². The molecule has 3 amide bonds. The second-order valence-corrected chi connectivity index (χ2v) is 5.97. The number of carboxylic acids is 1. The van der Waals surface area contributed by atoms with Gasteiger partial charge in [0.1, 0.15) is 24.2 Å². The van der Waals surface area contributed by atoms with Crippen LogP contribution < -0.4 is 21.7 Å². The van der Waals surface area contributed by atoms with Gasteiger partial charge >= 0.3 is 5.97 Å². The van der Waals surface area contributed by atoms with Gasteiger partial charge < -0.3 is 37.0 Å². The minimum absolute atomic E-state index is 0.338. The summed E-state index contributed by atoms with van der Waals surface area (Å²) in [5.41, 5.74) is 5.35. The van der Waals surface area contributed by atoms with Gasteiger partial charge in [-0.25, -0.2) is 4.79 Å². The van der Waals surface area contributed by atoms with Crippen molar-refractivity contribution in [2.24, 2.45) is 11.7 Å². The highest BCUT2D eigenvalue weighted by Gasteiger charge is 2.31. The summed E-state index contributed by atoms with van der Waals surface area (Å²) in [6, 6.07) is -4.77. The van der Waals surface area contributed by atoms with E-state index in [1.807, 2.05) is 0 Å². The number of nitrogens with two attached hydrogens (primary N) is 1. The summed E-state index contributed by atoms with van der Waals surface area (Å²) in [4.78, 5) is 47.1. The van der Waals surface area contributed by atoms with Gasteiger partial charge in [0.25, 0.3) is 0 Å². The highest BCUT2D eigenvalue weighted by molar-refractivity contribution is 5.94. The number of carbonyl (C=O) groups is 4. The molecule has 0 aliphatic carbocycles. The molecule has 0 aliphatic heterocycles. The molecule has 0 radical (unpaired) electrons. The molecular weight excluding hydrogens is 348 g/mol. The summed E-state index contributed by atoms with van der Waals surface area (Å²) in [7, 11) is 0. The van der Waals surface area contributed by atoms with Crippen molar-refractivity contribution in [3.05, 3.63) is 0 Å². The molecule has 26 heavy (non-hydrogen) atoms. The third-order valence-electron chi connectivity index (χ3n) is 3.88. The summed E-state index contributed by atoms with van der Waals surface area (Å²) in [6.45, 7) is 3.45. The van der Waals surface area contributed by atoms with Crippen LogP contribution in [0.25, 0.3) is 0 Å². The zero-order valence-corrected chi connectivity index (χ0v) is 15.1. The lowest BCUT2D eigenvalue weighted by molar-refractivity contribution is -0.143. The van der Waals surface area contributed by atoms with E-state index in [-0.39, 0.29) is 5.92 Å². The quantitative estimate of drug-likeness (QED) is 0.197. The molecule has 0 aliphatic rings. The highest BCUT2D eigenvalue weighted by Crippen LogP contribution is 2.09. The molecule has 11 heteroatoms. The highest BCUT2D eigenvalue weighted by atomic mass is 16.4. The Bertz CT molecular complexity index is 514. The molecule has 0 bridgehead atoms. The predicted molar refractivity (Wildman–Crippen MR) is 90.7 cm³/mol. The molecular formula is C15H28N4O7. The normalized spacial score (nSPS) is 16.5. The molecule has 0 saturated carbocycles. The van der Waals surface area contributed by atoms with Crippen molar-refractivity contribution in [3.63, 3.8) is 0 Å². The van der Waals surface area contributed by atoms with Crippen LogP contribution in [0, 0.1) is 5.92 Å². The van der Waals surface area contributed by atoms with Crippen molar-refractivity contribution in [1.29, 1.82) is 0 Å². The van der Waals surface area contributed by atoms with Crippen molar-refractivity contribution >= 4 is 23.7 Å². The lowest BCUT2D eigenvalue weighted by atomic mass is 9.97. The molecule has 0 aromatic carbocycles. The van der Waals surface area contributed by atoms with Crippen molar-refractivity contribution in [2.45, 2.75) is 51.4 Å². The summed E-state index contributed by atoms with van der Waals surface area (Å²) in [6.07, 6.45) is 0.505. The fourth-order valence-corrected chi connectivity index (χ4v) is 1.90. The van der Waals surface area contributed by atoms with Crippen molar-refractivity contribution < 1.29 is 34.5 Å². The van der Waals surface area contributed by atoms with Gasteiger partial charge in [-0.3, -0.25) is 14.4 Å². The van der Waals surface area contributed by atoms with Crippen molar-refractivity contribution in [1.82, 2.24) is 16.0 Å². The van der Waals surface area contributed by atoms with E-state index in [0.717, 1.165) is 0 Å². The molecule has 8 N–H and O–H groups in total. The molecule has 0 aromatic rings. The molecule has 0 heterocycles. The standard InChI is InChI=1S/C15H28N4O7/c1-4-7(2)11(14(24)18-10(6-21)15(25)26)19-12(22)8(3)17-13(23)9(16)5-20/h7-11,20-21H,4-6,16H2,1-3H3,(H,17,23)(H,18,24)(H,19,22)(H,25,26). The van der Waals surface area contributed by atoms with Crippen LogP contribution in [-0.2, 0) is 19.2 Å². The van der Waals surface area contributed by atoms with Gasteiger partial charge in [0.15, 0.2) is 0 Å². The smallest absolute Gasteiger partial charge is 0.328 e. The number of aliphatic hydroxyl groups excluding tert-OH is 2. The summed E-state index contributed by atoms with van der Waals surface area (Å²) < 4.78 is 0. The second kappa shape index (κ2) is 11.4. The van der Waals surface area contributed by atoms with Crippen LogP contribution >= 0.6 is 0 Å². The first kappa shape index (κ1) is 23.8. The molecule has 0 saturated heterocycles. The second-order valence-electron chi connectivity index (χ2n) is 5.97. The van der Waals surface area contributed by atoms with Gasteiger partial charge in [0.2, 0.25) is 17.7 Å². The number of amides is 3. The minimum Gasteiger partial charge on any atom is -0.480 e. The van der Waals surface area contributed by atoms with Gasteiger partial charge in [-0.1, -0.05) is 20.3 Å². The zero-order chi connectivity index (χ0) is 20.4. The third-order valence-corrected chi connectivity index (χ3v) is 3.88. The van der Waals surface area contributed by atoms with Gasteiger partial charge in [-0.2, -0.15) is 0 Å². The number of aliphatic hydroxyl groups is 2. The average molecular weight is 376 g/mol. The predicted octanol–water partition coefficient (Wildman–Crippen LogP) is -3.10. The monoisotopic (exact) mass is 376 g/mol. The summed E-state index contributed by atoms with van der Waals surface area (Å²) >= 11 is 0. The summed E-state index contributed by atoms with van der Waals surface area (Å²) in [5.74, 6) is -3.92. The molecule has 5 atom stereocenters. The Labute approximate surface area is 151 Å². The van der Waals surface area contributed by atoms with E-state index in [2.05, 4.69) is 16.0 Å². The third kappa shape index (κ3) is 7.33. The molecule has 0 rings (SSSR count). The van der Waals surface area contributed by atoms with Crippen LogP contribution in [0.15, 0.2) is 0 Å². The Morgan fingerprint density at radius 3 is 1.92 bits per heavy atom. The first-order valence-electron chi connectivity index (χ1n) is 8.20. The SMILES string of the molecule is CCC(C)C(NC(=O)C(C)NC(=O)C(N)CO)C(=O)NC(CO)C(=O)O. The number of rotatable bonds is 11. The van der Waals surface area contributed by atoms with E-state index in [1.54, 1.807) is 13.8 Å². The van der Waals surface area contributed by atoms with Crippen LogP contribution in [0.5, 0.6) is 0 Å². The number of aliphatic carboxylic acids is 1. The van der Waals surface area contributed by atoms with Crippen molar-refractivity contribution in [3.8, 4) is 0 Å².